The number of carbonyl (C=O) groups is 3. The lowest BCUT2D eigenvalue weighted by Crippen LogP contribution is -2.46. The van der Waals surface area contributed by atoms with Crippen molar-refractivity contribution in [2.45, 2.75) is 13.5 Å². The van der Waals surface area contributed by atoms with E-state index in [-0.39, 0.29) is 24.0 Å². The number of benzene rings is 2. The van der Waals surface area contributed by atoms with Crippen LogP contribution in [0.1, 0.15) is 18.1 Å². The minimum Gasteiger partial charge on any atom is -0.490 e. The Morgan fingerprint density at radius 2 is 1.86 bits per heavy atom. The van der Waals surface area contributed by atoms with Gasteiger partial charge in [0.25, 0.3) is 11.1 Å². The number of rotatable bonds is 8. The summed E-state index contributed by atoms with van der Waals surface area (Å²) in [5.74, 6) is 0.215. The SMILES string of the molecule is CCOc1cc(/C=C2/SC(=O)N(CC(=O)N3CCOCC3)C2=O)ccc1OCc1ccc(Cl)cc1Cl. The normalized spacial score (nSPS) is 17.1. The van der Waals surface area contributed by atoms with Gasteiger partial charge in [-0.15, -0.1) is 0 Å². The number of halogens is 2. The van der Waals surface area contributed by atoms with Crippen molar-refractivity contribution in [3.63, 3.8) is 0 Å². The molecule has 0 atom stereocenters. The third kappa shape index (κ3) is 6.34. The summed E-state index contributed by atoms with van der Waals surface area (Å²) in [5.41, 5.74) is 1.42. The Kier molecular flexibility index (Phi) is 8.79. The monoisotopic (exact) mass is 550 g/mol. The Bertz CT molecular complexity index is 1200. The zero-order chi connectivity index (χ0) is 25.7. The van der Waals surface area contributed by atoms with Crippen molar-refractivity contribution in [1.29, 1.82) is 0 Å². The van der Waals surface area contributed by atoms with Crippen molar-refractivity contribution in [3.8, 4) is 11.5 Å². The second-order valence-electron chi connectivity index (χ2n) is 7.92. The molecule has 2 aromatic carbocycles. The minimum atomic E-state index is -0.498. The van der Waals surface area contributed by atoms with Gasteiger partial charge < -0.3 is 19.1 Å². The largest absolute Gasteiger partial charge is 0.490 e. The molecule has 0 saturated carbocycles. The van der Waals surface area contributed by atoms with E-state index in [1.165, 1.54) is 0 Å². The van der Waals surface area contributed by atoms with Crippen LogP contribution in [0.4, 0.5) is 4.79 Å². The third-order valence-corrected chi connectivity index (χ3v) is 6.99. The van der Waals surface area contributed by atoms with Crippen molar-refractivity contribution >= 4 is 58.1 Å². The molecule has 2 heterocycles. The van der Waals surface area contributed by atoms with Gasteiger partial charge in [-0.25, -0.2) is 0 Å². The van der Waals surface area contributed by atoms with Gasteiger partial charge in [0.2, 0.25) is 5.91 Å². The van der Waals surface area contributed by atoms with Crippen molar-refractivity contribution in [2.75, 3.05) is 39.5 Å². The van der Waals surface area contributed by atoms with E-state index in [0.717, 1.165) is 22.2 Å². The van der Waals surface area contributed by atoms with Gasteiger partial charge in [0.1, 0.15) is 13.2 Å². The number of morpholine rings is 1. The molecule has 0 aliphatic carbocycles. The average molecular weight is 551 g/mol. The Balaban J connectivity index is 1.46. The number of imide groups is 1. The topological polar surface area (TPSA) is 85.4 Å². The number of nitrogens with zero attached hydrogens (tertiary/aromatic N) is 2. The average Bonchev–Trinajstić information content (AvgIpc) is 3.12. The Morgan fingerprint density at radius 1 is 1.08 bits per heavy atom. The number of thioether (sulfide) groups is 1. The highest BCUT2D eigenvalue weighted by molar-refractivity contribution is 8.18. The summed E-state index contributed by atoms with van der Waals surface area (Å²) in [4.78, 5) is 40.7. The molecular weight excluding hydrogens is 527 g/mol. The molecule has 0 bridgehead atoms. The second kappa shape index (κ2) is 12.0. The fourth-order valence-corrected chi connectivity index (χ4v) is 4.93. The van der Waals surface area contributed by atoms with Crippen LogP contribution in [0.15, 0.2) is 41.3 Å². The Labute approximate surface area is 223 Å². The standard InChI is InChI=1S/C25H24Cl2N2O6S/c1-2-34-21-11-16(3-6-20(21)35-15-17-4-5-18(26)13-19(17)27)12-22-24(31)29(25(32)36-22)14-23(30)28-7-9-33-10-8-28/h3-6,11-13H,2,7-10,14-15H2,1H3/b22-12+. The van der Waals surface area contributed by atoms with E-state index in [0.29, 0.717) is 60.0 Å². The number of hydrogen-bond donors (Lipinski definition) is 0. The molecule has 2 saturated heterocycles. The molecule has 36 heavy (non-hydrogen) atoms. The van der Waals surface area contributed by atoms with Crippen LogP contribution in [0, 0.1) is 0 Å². The molecule has 11 heteroatoms. The quantitative estimate of drug-likeness (QED) is 0.433. The summed E-state index contributed by atoms with van der Waals surface area (Å²) in [5, 5.41) is 0.565. The molecule has 2 aromatic rings. The summed E-state index contributed by atoms with van der Waals surface area (Å²) >= 11 is 13.0. The first-order valence-electron chi connectivity index (χ1n) is 11.3. The van der Waals surface area contributed by atoms with Gasteiger partial charge in [-0.2, -0.15) is 0 Å². The van der Waals surface area contributed by atoms with Gasteiger partial charge >= 0.3 is 0 Å². The molecule has 2 fully saturated rings. The van der Waals surface area contributed by atoms with Crippen LogP contribution in [-0.2, 0) is 20.9 Å². The van der Waals surface area contributed by atoms with Crippen molar-refractivity contribution < 1.29 is 28.6 Å². The zero-order valence-electron chi connectivity index (χ0n) is 19.5. The van der Waals surface area contributed by atoms with Crippen molar-refractivity contribution in [3.05, 3.63) is 62.5 Å². The van der Waals surface area contributed by atoms with Crippen LogP contribution < -0.4 is 9.47 Å². The second-order valence-corrected chi connectivity index (χ2v) is 9.76. The van der Waals surface area contributed by atoms with Crippen LogP contribution in [0.5, 0.6) is 11.5 Å². The molecule has 0 radical (unpaired) electrons. The van der Waals surface area contributed by atoms with Gasteiger partial charge in [-0.1, -0.05) is 35.3 Å². The maximum Gasteiger partial charge on any atom is 0.294 e. The number of amides is 3. The van der Waals surface area contributed by atoms with Gasteiger partial charge in [0.15, 0.2) is 11.5 Å². The van der Waals surface area contributed by atoms with E-state index in [1.54, 1.807) is 47.4 Å². The maximum atomic E-state index is 12.9. The summed E-state index contributed by atoms with van der Waals surface area (Å²) in [6, 6.07) is 10.4. The number of hydrogen-bond acceptors (Lipinski definition) is 7. The summed E-state index contributed by atoms with van der Waals surface area (Å²) in [6.45, 7) is 3.97. The predicted molar refractivity (Wildman–Crippen MR) is 138 cm³/mol. The summed E-state index contributed by atoms with van der Waals surface area (Å²) in [6.07, 6.45) is 1.60. The molecule has 3 amide bonds. The van der Waals surface area contributed by atoms with E-state index in [4.69, 9.17) is 37.4 Å². The third-order valence-electron chi connectivity index (χ3n) is 5.49. The van der Waals surface area contributed by atoms with Gasteiger partial charge in [0.05, 0.1) is 24.7 Å². The van der Waals surface area contributed by atoms with Crippen LogP contribution in [0.2, 0.25) is 10.0 Å². The smallest absolute Gasteiger partial charge is 0.294 e. The van der Waals surface area contributed by atoms with Crippen LogP contribution >= 0.6 is 35.0 Å². The molecule has 8 nitrogen and oxygen atoms in total. The molecule has 0 aromatic heterocycles. The predicted octanol–water partition coefficient (Wildman–Crippen LogP) is 4.87. The highest BCUT2D eigenvalue weighted by Gasteiger charge is 2.37. The van der Waals surface area contributed by atoms with Crippen LogP contribution in [0.3, 0.4) is 0 Å². The van der Waals surface area contributed by atoms with Gasteiger partial charge in [0, 0.05) is 28.7 Å². The maximum absolute atomic E-state index is 12.9. The van der Waals surface area contributed by atoms with Crippen molar-refractivity contribution in [1.82, 2.24) is 9.80 Å². The molecular formula is C25H24Cl2N2O6S. The number of ether oxygens (including phenoxy) is 3. The lowest BCUT2D eigenvalue weighted by Gasteiger charge is -2.28. The van der Waals surface area contributed by atoms with Gasteiger partial charge in [-0.05, 0) is 54.6 Å². The molecule has 0 spiro atoms. The van der Waals surface area contributed by atoms with E-state index in [9.17, 15) is 14.4 Å². The molecule has 0 N–H and O–H groups in total. The van der Waals surface area contributed by atoms with Crippen LogP contribution in [-0.4, -0.2) is 66.3 Å². The molecule has 2 aliphatic heterocycles. The highest BCUT2D eigenvalue weighted by Crippen LogP contribution is 2.35. The summed E-state index contributed by atoms with van der Waals surface area (Å²) < 4.78 is 16.9. The van der Waals surface area contributed by atoms with E-state index >= 15 is 0 Å². The fourth-order valence-electron chi connectivity index (χ4n) is 3.63. The lowest BCUT2D eigenvalue weighted by molar-refractivity contribution is -0.139. The molecule has 0 unspecified atom stereocenters. The molecule has 4 rings (SSSR count). The summed E-state index contributed by atoms with van der Waals surface area (Å²) in [7, 11) is 0. The molecule has 2 aliphatic rings. The fraction of sp³-hybridized carbons (Fsp3) is 0.320. The Hall–Kier alpha value is -2.72. The first-order valence-corrected chi connectivity index (χ1v) is 12.9. The van der Waals surface area contributed by atoms with E-state index < -0.39 is 11.1 Å². The minimum absolute atomic E-state index is 0.214. The highest BCUT2D eigenvalue weighted by atomic mass is 35.5. The number of carbonyl (C=O) groups excluding carboxylic acids is 3. The first kappa shape index (κ1) is 26.3. The zero-order valence-corrected chi connectivity index (χ0v) is 21.8. The van der Waals surface area contributed by atoms with Gasteiger partial charge in [-0.3, -0.25) is 19.3 Å². The molecule has 190 valence electrons. The Morgan fingerprint density at radius 3 is 2.58 bits per heavy atom. The lowest BCUT2D eigenvalue weighted by atomic mass is 10.1. The van der Waals surface area contributed by atoms with E-state index in [1.807, 2.05) is 6.92 Å². The van der Waals surface area contributed by atoms with Crippen LogP contribution in [0.25, 0.3) is 6.08 Å². The van der Waals surface area contributed by atoms with Crippen molar-refractivity contribution in [2.24, 2.45) is 0 Å². The van der Waals surface area contributed by atoms with E-state index in [2.05, 4.69) is 0 Å². The first-order chi connectivity index (χ1) is 17.4.